The predicted octanol–water partition coefficient (Wildman–Crippen LogP) is 1.49. The van der Waals surface area contributed by atoms with E-state index in [0.717, 1.165) is 0 Å². The molecule has 0 aromatic carbocycles. The molecule has 1 N–H and O–H groups in total. The molecule has 1 unspecified atom stereocenters. The molecule has 0 aromatic heterocycles. The molecule has 1 atom stereocenters. The van der Waals surface area contributed by atoms with E-state index in [1.807, 2.05) is 13.8 Å². The Morgan fingerprint density at radius 2 is 1.94 bits per heavy atom. The third kappa shape index (κ3) is 6.86. The third-order valence-corrected chi connectivity index (χ3v) is 1.58. The Balaban J connectivity index is 3.85. The maximum Gasteiger partial charge on any atom is 0.408 e. The summed E-state index contributed by atoms with van der Waals surface area (Å²) in [4.78, 5) is 22.4. The van der Waals surface area contributed by atoms with E-state index in [2.05, 4.69) is 16.6 Å². The van der Waals surface area contributed by atoms with Crippen LogP contribution in [0.2, 0.25) is 0 Å². The van der Waals surface area contributed by atoms with E-state index in [0.29, 0.717) is 6.61 Å². The number of amides is 1. The van der Waals surface area contributed by atoms with Crippen LogP contribution in [0.5, 0.6) is 0 Å². The fraction of sp³-hybridized carbons (Fsp3) is 0.636. The predicted molar refractivity (Wildman–Crippen MR) is 59.9 cm³/mol. The molecule has 0 rings (SSSR count). The molecule has 92 valence electrons. The number of rotatable bonds is 6. The van der Waals surface area contributed by atoms with Crippen molar-refractivity contribution in [1.29, 1.82) is 0 Å². The van der Waals surface area contributed by atoms with Gasteiger partial charge in [-0.2, -0.15) is 0 Å². The molecule has 0 saturated carbocycles. The lowest BCUT2D eigenvalue weighted by atomic mass is 10.2. The molecule has 0 aliphatic rings. The number of carbonyl (C=O) groups is 2. The number of alkyl carbamates (subject to hydrolysis) is 1. The van der Waals surface area contributed by atoms with Crippen LogP contribution < -0.4 is 5.32 Å². The lowest BCUT2D eigenvalue weighted by molar-refractivity contribution is -0.146. The average molecular weight is 229 g/mol. The second-order valence-electron chi connectivity index (χ2n) is 3.78. The molecule has 16 heavy (non-hydrogen) atoms. The molecule has 0 heterocycles. The molecule has 5 heteroatoms. The van der Waals surface area contributed by atoms with Crippen molar-refractivity contribution in [3.63, 3.8) is 0 Å². The zero-order valence-electron chi connectivity index (χ0n) is 9.99. The summed E-state index contributed by atoms with van der Waals surface area (Å²) < 4.78 is 9.60. The SMILES string of the molecule is C=CCOC(=O)NC(C)C(=O)OCC(C)C. The quantitative estimate of drug-likeness (QED) is 0.553. The largest absolute Gasteiger partial charge is 0.464 e. The van der Waals surface area contributed by atoms with Gasteiger partial charge in [-0.3, -0.25) is 0 Å². The van der Waals surface area contributed by atoms with Gasteiger partial charge in [0.15, 0.2) is 0 Å². The van der Waals surface area contributed by atoms with Crippen molar-refractivity contribution in [3.8, 4) is 0 Å². The van der Waals surface area contributed by atoms with Crippen LogP contribution in [0.15, 0.2) is 12.7 Å². The molecule has 0 bridgehead atoms. The number of ether oxygens (including phenoxy) is 2. The van der Waals surface area contributed by atoms with Gasteiger partial charge in [0.1, 0.15) is 12.6 Å². The van der Waals surface area contributed by atoms with Crippen LogP contribution >= 0.6 is 0 Å². The van der Waals surface area contributed by atoms with E-state index in [1.165, 1.54) is 13.0 Å². The zero-order valence-corrected chi connectivity index (χ0v) is 9.99. The lowest BCUT2D eigenvalue weighted by Crippen LogP contribution is -2.40. The van der Waals surface area contributed by atoms with Gasteiger partial charge in [0.25, 0.3) is 0 Å². The molecule has 0 radical (unpaired) electrons. The van der Waals surface area contributed by atoms with Crippen molar-refractivity contribution in [2.75, 3.05) is 13.2 Å². The van der Waals surface area contributed by atoms with Crippen molar-refractivity contribution in [2.24, 2.45) is 5.92 Å². The van der Waals surface area contributed by atoms with Gasteiger partial charge in [0.05, 0.1) is 6.61 Å². The Morgan fingerprint density at radius 3 is 2.44 bits per heavy atom. The minimum atomic E-state index is -0.712. The Morgan fingerprint density at radius 1 is 1.31 bits per heavy atom. The fourth-order valence-corrected chi connectivity index (χ4v) is 0.786. The van der Waals surface area contributed by atoms with E-state index in [-0.39, 0.29) is 12.5 Å². The maximum absolute atomic E-state index is 11.3. The van der Waals surface area contributed by atoms with Crippen LogP contribution in [-0.2, 0) is 14.3 Å². The molecule has 5 nitrogen and oxygen atoms in total. The second kappa shape index (κ2) is 7.73. The number of carbonyl (C=O) groups excluding carboxylic acids is 2. The highest BCUT2D eigenvalue weighted by Gasteiger charge is 2.17. The minimum Gasteiger partial charge on any atom is -0.464 e. The van der Waals surface area contributed by atoms with Gasteiger partial charge in [0, 0.05) is 0 Å². The second-order valence-corrected chi connectivity index (χ2v) is 3.78. The van der Waals surface area contributed by atoms with Crippen LogP contribution in [0.4, 0.5) is 4.79 Å². The molecule has 0 aliphatic heterocycles. The Labute approximate surface area is 95.8 Å². The van der Waals surface area contributed by atoms with Crippen LogP contribution in [0, 0.1) is 5.92 Å². The first-order valence-electron chi connectivity index (χ1n) is 5.18. The standard InChI is InChI=1S/C11H19NO4/c1-5-6-15-11(14)12-9(4)10(13)16-7-8(2)3/h5,8-9H,1,6-7H2,2-4H3,(H,12,14). The van der Waals surface area contributed by atoms with Crippen molar-refractivity contribution < 1.29 is 19.1 Å². The molecular weight excluding hydrogens is 210 g/mol. The third-order valence-electron chi connectivity index (χ3n) is 1.58. The van der Waals surface area contributed by atoms with Gasteiger partial charge in [-0.1, -0.05) is 26.5 Å². The molecule has 0 aliphatic carbocycles. The summed E-state index contributed by atoms with van der Waals surface area (Å²) in [5.41, 5.74) is 0. The van der Waals surface area contributed by atoms with E-state index in [1.54, 1.807) is 0 Å². The summed E-state index contributed by atoms with van der Waals surface area (Å²) in [6, 6.07) is -0.712. The van der Waals surface area contributed by atoms with Gasteiger partial charge in [-0.25, -0.2) is 9.59 Å². The Bertz CT molecular complexity index is 250. The van der Waals surface area contributed by atoms with Crippen LogP contribution in [-0.4, -0.2) is 31.3 Å². The molecule has 0 aromatic rings. The Kier molecular flexibility index (Phi) is 7.00. The highest BCUT2D eigenvalue weighted by Crippen LogP contribution is 1.96. The summed E-state index contributed by atoms with van der Waals surface area (Å²) in [5.74, 6) is -0.201. The Hall–Kier alpha value is -1.52. The van der Waals surface area contributed by atoms with Crippen molar-refractivity contribution in [3.05, 3.63) is 12.7 Å². The van der Waals surface area contributed by atoms with Crippen LogP contribution in [0.3, 0.4) is 0 Å². The monoisotopic (exact) mass is 229 g/mol. The fourth-order valence-electron chi connectivity index (χ4n) is 0.786. The highest BCUT2D eigenvalue weighted by atomic mass is 16.6. The van der Waals surface area contributed by atoms with Crippen molar-refractivity contribution in [2.45, 2.75) is 26.8 Å². The normalized spacial score (nSPS) is 11.8. The minimum absolute atomic E-state index is 0.111. The average Bonchev–Trinajstić information content (AvgIpc) is 2.22. The van der Waals surface area contributed by atoms with Crippen molar-refractivity contribution in [1.82, 2.24) is 5.32 Å². The van der Waals surface area contributed by atoms with Gasteiger partial charge in [0.2, 0.25) is 0 Å². The number of hydrogen-bond acceptors (Lipinski definition) is 4. The summed E-state index contributed by atoms with van der Waals surface area (Å²) in [6.07, 6.45) is 0.787. The van der Waals surface area contributed by atoms with Gasteiger partial charge < -0.3 is 14.8 Å². The smallest absolute Gasteiger partial charge is 0.408 e. The molecule has 1 amide bonds. The first-order valence-corrected chi connectivity index (χ1v) is 5.18. The highest BCUT2D eigenvalue weighted by molar-refractivity contribution is 5.80. The van der Waals surface area contributed by atoms with Gasteiger partial charge in [-0.05, 0) is 12.8 Å². The lowest BCUT2D eigenvalue weighted by Gasteiger charge is -2.13. The summed E-state index contributed by atoms with van der Waals surface area (Å²) >= 11 is 0. The first kappa shape index (κ1) is 14.5. The topological polar surface area (TPSA) is 64.6 Å². The number of esters is 1. The van der Waals surface area contributed by atoms with E-state index < -0.39 is 18.1 Å². The molecule has 0 fully saturated rings. The molecule has 0 saturated heterocycles. The summed E-state index contributed by atoms with van der Waals surface area (Å²) in [7, 11) is 0. The molecule has 0 spiro atoms. The summed E-state index contributed by atoms with van der Waals surface area (Å²) in [6.45, 7) is 9.26. The number of hydrogen-bond donors (Lipinski definition) is 1. The zero-order chi connectivity index (χ0) is 12.6. The van der Waals surface area contributed by atoms with Crippen molar-refractivity contribution >= 4 is 12.1 Å². The molecular formula is C11H19NO4. The van der Waals surface area contributed by atoms with E-state index in [9.17, 15) is 9.59 Å². The van der Waals surface area contributed by atoms with Gasteiger partial charge >= 0.3 is 12.1 Å². The van der Waals surface area contributed by atoms with Gasteiger partial charge in [-0.15, -0.1) is 0 Å². The van der Waals surface area contributed by atoms with E-state index in [4.69, 9.17) is 4.74 Å². The first-order chi connectivity index (χ1) is 7.47. The summed E-state index contributed by atoms with van der Waals surface area (Å²) in [5, 5.41) is 2.35. The maximum atomic E-state index is 11.3. The number of nitrogens with one attached hydrogen (secondary N) is 1. The van der Waals surface area contributed by atoms with E-state index >= 15 is 0 Å². The van der Waals surface area contributed by atoms with Crippen LogP contribution in [0.25, 0.3) is 0 Å². The van der Waals surface area contributed by atoms with Crippen LogP contribution in [0.1, 0.15) is 20.8 Å².